The highest BCUT2D eigenvalue weighted by Gasteiger charge is 2.34. The van der Waals surface area contributed by atoms with Crippen LogP contribution in [-0.2, 0) is 9.47 Å². The molecule has 0 unspecified atom stereocenters. The molecule has 0 radical (unpaired) electrons. The SMILES string of the molecule is CCOC(=O)c1[nH]c([C@@H]2CCCCN2C(=O)OC(C)(C)C)nc1-c1ccc(C(=O)Nc2cc(-c3ccccc3)ccn2)cc1. The second-order valence-electron chi connectivity index (χ2n) is 11.6. The van der Waals surface area contributed by atoms with Crippen LogP contribution in [0.5, 0.6) is 0 Å². The number of imidazole rings is 1. The van der Waals surface area contributed by atoms with Gasteiger partial charge in [0, 0.05) is 23.9 Å². The van der Waals surface area contributed by atoms with E-state index in [1.54, 1.807) is 42.3 Å². The molecule has 1 aliphatic heterocycles. The van der Waals surface area contributed by atoms with Gasteiger partial charge in [-0.1, -0.05) is 42.5 Å². The Balaban J connectivity index is 1.39. The van der Waals surface area contributed by atoms with Crippen LogP contribution in [0.1, 0.15) is 79.7 Å². The zero-order valence-corrected chi connectivity index (χ0v) is 25.4. The van der Waals surface area contributed by atoms with Crippen molar-refractivity contribution in [1.82, 2.24) is 19.9 Å². The largest absolute Gasteiger partial charge is 0.461 e. The van der Waals surface area contributed by atoms with Crippen molar-refractivity contribution in [2.75, 3.05) is 18.5 Å². The molecule has 10 nitrogen and oxygen atoms in total. The minimum atomic E-state index is -0.641. The number of esters is 1. The lowest BCUT2D eigenvalue weighted by Gasteiger charge is -2.35. The van der Waals surface area contributed by atoms with Crippen molar-refractivity contribution >= 4 is 23.8 Å². The van der Waals surface area contributed by atoms with Gasteiger partial charge >= 0.3 is 12.1 Å². The van der Waals surface area contributed by atoms with Crippen molar-refractivity contribution < 1.29 is 23.9 Å². The molecule has 44 heavy (non-hydrogen) atoms. The van der Waals surface area contributed by atoms with Crippen LogP contribution in [0.25, 0.3) is 22.4 Å². The van der Waals surface area contributed by atoms with Gasteiger partial charge in [-0.15, -0.1) is 0 Å². The third kappa shape index (κ3) is 7.14. The summed E-state index contributed by atoms with van der Waals surface area (Å²) in [6.07, 6.45) is 3.67. The summed E-state index contributed by atoms with van der Waals surface area (Å²) < 4.78 is 11.0. The van der Waals surface area contributed by atoms with Gasteiger partial charge in [-0.3, -0.25) is 9.69 Å². The van der Waals surface area contributed by atoms with Gasteiger partial charge < -0.3 is 19.8 Å². The summed E-state index contributed by atoms with van der Waals surface area (Å²) in [6, 6.07) is 20.0. The second kappa shape index (κ2) is 13.1. The zero-order valence-electron chi connectivity index (χ0n) is 25.4. The third-order valence-corrected chi connectivity index (χ3v) is 7.18. The molecule has 0 spiro atoms. The standard InChI is InChI=1S/C34H37N5O5/c1-5-43-32(41)29-28(37-30(38-29)26-13-9-10-20-39(26)33(42)44-34(2,3)4)23-14-16-24(17-15-23)31(40)36-27-21-25(18-19-35-27)22-11-7-6-8-12-22/h6-8,11-12,14-19,21,26H,5,9-10,13,20H2,1-4H3,(H,37,38)(H,35,36,40)/t26-/m0/s1. The number of anilines is 1. The molecule has 1 atom stereocenters. The number of hydrogen-bond acceptors (Lipinski definition) is 7. The Morgan fingerprint density at radius 2 is 1.73 bits per heavy atom. The number of aromatic amines is 1. The normalized spacial score (nSPS) is 15.0. The van der Waals surface area contributed by atoms with Crippen LogP contribution in [0, 0.1) is 0 Å². The number of aromatic nitrogens is 3. The first kappa shape index (κ1) is 30.5. The van der Waals surface area contributed by atoms with Crippen LogP contribution in [0.3, 0.4) is 0 Å². The number of carbonyl (C=O) groups is 3. The molecule has 0 saturated carbocycles. The third-order valence-electron chi connectivity index (χ3n) is 7.18. The van der Waals surface area contributed by atoms with Gasteiger partial charge in [0.25, 0.3) is 5.91 Å². The van der Waals surface area contributed by atoms with E-state index in [4.69, 9.17) is 14.5 Å². The Labute approximate surface area is 256 Å². The number of carbonyl (C=O) groups excluding carboxylic acids is 3. The van der Waals surface area contributed by atoms with Crippen LogP contribution in [0.2, 0.25) is 0 Å². The number of likely N-dealkylation sites (tertiary alicyclic amines) is 1. The molecular formula is C34H37N5O5. The first-order valence-electron chi connectivity index (χ1n) is 14.8. The maximum absolute atomic E-state index is 13.1. The Morgan fingerprint density at radius 3 is 2.43 bits per heavy atom. The molecule has 1 fully saturated rings. The van der Waals surface area contributed by atoms with E-state index in [0.29, 0.717) is 41.4 Å². The molecule has 4 aromatic rings. The number of nitrogens with zero attached hydrogens (tertiary/aromatic N) is 3. The summed E-state index contributed by atoms with van der Waals surface area (Å²) in [5.41, 5.74) is 2.93. The predicted octanol–water partition coefficient (Wildman–Crippen LogP) is 7.03. The van der Waals surface area contributed by atoms with Crippen molar-refractivity contribution in [3.05, 3.63) is 90.0 Å². The van der Waals surface area contributed by atoms with Gasteiger partial charge in [-0.25, -0.2) is 19.6 Å². The van der Waals surface area contributed by atoms with Crippen LogP contribution in [-0.4, -0.2) is 56.6 Å². The molecule has 2 N–H and O–H groups in total. The quantitative estimate of drug-likeness (QED) is 0.220. The van der Waals surface area contributed by atoms with Crippen LogP contribution >= 0.6 is 0 Å². The number of piperidine rings is 1. The molecule has 1 saturated heterocycles. The highest BCUT2D eigenvalue weighted by atomic mass is 16.6. The molecule has 10 heteroatoms. The van der Waals surface area contributed by atoms with Crippen molar-refractivity contribution in [2.45, 2.75) is 58.6 Å². The van der Waals surface area contributed by atoms with E-state index in [9.17, 15) is 14.4 Å². The summed E-state index contributed by atoms with van der Waals surface area (Å²) in [7, 11) is 0. The number of H-pyrrole nitrogens is 1. The fraction of sp³-hybridized carbons (Fsp3) is 0.324. The van der Waals surface area contributed by atoms with Gasteiger partial charge in [0.05, 0.1) is 12.6 Å². The average Bonchev–Trinajstić information content (AvgIpc) is 3.47. The first-order valence-corrected chi connectivity index (χ1v) is 14.8. The maximum Gasteiger partial charge on any atom is 0.410 e. The monoisotopic (exact) mass is 595 g/mol. The molecule has 0 bridgehead atoms. The molecule has 2 aromatic carbocycles. The number of amides is 2. The molecule has 0 aliphatic carbocycles. The van der Waals surface area contributed by atoms with Gasteiger partial charge in [-0.05, 0) is 82.3 Å². The lowest BCUT2D eigenvalue weighted by molar-refractivity contribution is 0.00853. The number of hydrogen-bond donors (Lipinski definition) is 2. The van der Waals surface area contributed by atoms with Gasteiger partial charge in [0.2, 0.25) is 0 Å². The van der Waals surface area contributed by atoms with E-state index in [-0.39, 0.29) is 24.2 Å². The van der Waals surface area contributed by atoms with Crippen molar-refractivity contribution in [3.63, 3.8) is 0 Å². The Bertz CT molecular complexity index is 1630. The predicted molar refractivity (Wildman–Crippen MR) is 167 cm³/mol. The second-order valence-corrected chi connectivity index (χ2v) is 11.6. The number of rotatable bonds is 7. The molecule has 2 aromatic heterocycles. The van der Waals surface area contributed by atoms with Crippen molar-refractivity contribution in [2.24, 2.45) is 0 Å². The van der Waals surface area contributed by atoms with Crippen LogP contribution < -0.4 is 5.32 Å². The summed E-state index contributed by atoms with van der Waals surface area (Å²) >= 11 is 0. The van der Waals surface area contributed by atoms with E-state index in [2.05, 4.69) is 15.3 Å². The number of nitrogens with one attached hydrogen (secondary N) is 2. The lowest BCUT2D eigenvalue weighted by atomic mass is 10.0. The summed E-state index contributed by atoms with van der Waals surface area (Å²) in [4.78, 5) is 53.0. The van der Waals surface area contributed by atoms with E-state index < -0.39 is 17.7 Å². The molecule has 5 rings (SSSR count). The van der Waals surface area contributed by atoms with E-state index in [0.717, 1.165) is 24.0 Å². The highest BCUT2D eigenvalue weighted by Crippen LogP contribution is 2.34. The van der Waals surface area contributed by atoms with Gasteiger partial charge in [-0.2, -0.15) is 0 Å². The minimum absolute atomic E-state index is 0.190. The fourth-order valence-corrected chi connectivity index (χ4v) is 5.14. The maximum atomic E-state index is 13.1. The topological polar surface area (TPSA) is 127 Å². The van der Waals surface area contributed by atoms with Crippen LogP contribution in [0.15, 0.2) is 72.9 Å². The number of ether oxygens (including phenoxy) is 2. The van der Waals surface area contributed by atoms with E-state index in [1.165, 1.54) is 0 Å². The van der Waals surface area contributed by atoms with E-state index in [1.807, 2.05) is 63.2 Å². The first-order chi connectivity index (χ1) is 21.1. The van der Waals surface area contributed by atoms with Gasteiger partial charge in [0.1, 0.15) is 22.9 Å². The van der Waals surface area contributed by atoms with E-state index >= 15 is 0 Å². The smallest absolute Gasteiger partial charge is 0.410 e. The molecular weight excluding hydrogens is 558 g/mol. The van der Waals surface area contributed by atoms with Crippen molar-refractivity contribution in [1.29, 1.82) is 0 Å². The molecule has 1 aliphatic rings. The Morgan fingerprint density at radius 1 is 0.977 bits per heavy atom. The molecule has 3 heterocycles. The number of benzene rings is 2. The molecule has 2 amide bonds. The van der Waals surface area contributed by atoms with Crippen LogP contribution in [0.4, 0.5) is 10.6 Å². The number of pyridine rings is 1. The average molecular weight is 596 g/mol. The lowest BCUT2D eigenvalue weighted by Crippen LogP contribution is -2.42. The summed E-state index contributed by atoms with van der Waals surface area (Å²) in [5.74, 6) is 0.0497. The Hall–Kier alpha value is -4.99. The zero-order chi connectivity index (χ0) is 31.3. The Kier molecular flexibility index (Phi) is 9.08. The van der Waals surface area contributed by atoms with Gasteiger partial charge in [0.15, 0.2) is 5.69 Å². The molecule has 228 valence electrons. The minimum Gasteiger partial charge on any atom is -0.461 e. The van der Waals surface area contributed by atoms with Crippen molar-refractivity contribution in [3.8, 4) is 22.4 Å². The summed E-state index contributed by atoms with van der Waals surface area (Å²) in [6.45, 7) is 7.94. The fourth-order valence-electron chi connectivity index (χ4n) is 5.14. The summed E-state index contributed by atoms with van der Waals surface area (Å²) in [5, 5.41) is 2.86. The highest BCUT2D eigenvalue weighted by molar-refractivity contribution is 6.04.